The van der Waals surface area contributed by atoms with E-state index in [9.17, 15) is 13.2 Å². The summed E-state index contributed by atoms with van der Waals surface area (Å²) in [6.45, 7) is 4.96. The number of nitrogens with zero attached hydrogens (tertiary/aromatic N) is 2. The van der Waals surface area contributed by atoms with Crippen LogP contribution < -0.4 is 5.32 Å². The predicted octanol–water partition coefficient (Wildman–Crippen LogP) is 2.98. The number of carbonyl (C=O) groups is 1. The number of hydrogen-bond donors (Lipinski definition) is 1. The summed E-state index contributed by atoms with van der Waals surface area (Å²) in [6, 6.07) is 7.36. The van der Waals surface area contributed by atoms with E-state index in [1.165, 1.54) is 36.7 Å². The van der Waals surface area contributed by atoms with Crippen LogP contribution in [0.2, 0.25) is 0 Å². The average Bonchev–Trinajstić information content (AvgIpc) is 2.73. The number of carbonyl (C=O) groups excluding carboxylic acids is 1. The summed E-state index contributed by atoms with van der Waals surface area (Å²) in [5.74, 6) is 0.00547. The normalized spacial score (nSPS) is 19.9. The van der Waals surface area contributed by atoms with Crippen LogP contribution in [-0.2, 0) is 20.6 Å². The summed E-state index contributed by atoms with van der Waals surface area (Å²) in [7, 11) is -3.35. The Kier molecular flexibility index (Phi) is 8.53. The molecule has 8 heteroatoms. The topological polar surface area (TPSA) is 69.7 Å². The fraction of sp³-hybridized carbons (Fsp3) is 0.667. The largest absolute Gasteiger partial charge is 0.356 e. The Hall–Kier alpha value is -0.960. The summed E-state index contributed by atoms with van der Waals surface area (Å²) in [6.07, 6.45) is 6.08. The van der Waals surface area contributed by atoms with Gasteiger partial charge in [-0.25, -0.2) is 12.7 Å². The molecule has 1 aromatic carbocycles. The number of halogens is 1. The van der Waals surface area contributed by atoms with E-state index in [1.807, 2.05) is 24.3 Å². The lowest BCUT2D eigenvalue weighted by molar-refractivity contribution is -0.126. The van der Waals surface area contributed by atoms with E-state index in [-0.39, 0.29) is 17.6 Å². The van der Waals surface area contributed by atoms with E-state index in [0.717, 1.165) is 23.0 Å². The third-order valence-electron chi connectivity index (χ3n) is 5.88. The van der Waals surface area contributed by atoms with E-state index in [2.05, 4.69) is 26.1 Å². The maximum atomic E-state index is 12.7. The molecule has 2 aliphatic rings. The van der Waals surface area contributed by atoms with Gasteiger partial charge in [0.05, 0.1) is 5.75 Å². The van der Waals surface area contributed by atoms with Gasteiger partial charge in [0.2, 0.25) is 15.9 Å². The van der Waals surface area contributed by atoms with Gasteiger partial charge in [-0.05, 0) is 69.4 Å². The molecule has 6 nitrogen and oxygen atoms in total. The number of hydrogen-bond acceptors (Lipinski definition) is 4. The van der Waals surface area contributed by atoms with E-state index >= 15 is 0 Å². The van der Waals surface area contributed by atoms with Crippen molar-refractivity contribution in [2.75, 3.05) is 39.3 Å². The van der Waals surface area contributed by atoms with E-state index < -0.39 is 10.0 Å². The minimum atomic E-state index is -3.35. The highest BCUT2D eigenvalue weighted by Gasteiger charge is 2.31. The second-order valence-corrected chi connectivity index (χ2v) is 11.0. The number of benzene rings is 1. The molecular formula is C21H32BrN3O3S. The van der Waals surface area contributed by atoms with Crippen molar-refractivity contribution < 1.29 is 13.2 Å². The first-order valence-corrected chi connectivity index (χ1v) is 13.1. The lowest BCUT2D eigenvalue weighted by atomic mass is 9.97. The van der Waals surface area contributed by atoms with Crippen LogP contribution in [0.4, 0.5) is 0 Å². The summed E-state index contributed by atoms with van der Waals surface area (Å²) in [5.41, 5.74) is 0.779. The maximum Gasteiger partial charge on any atom is 0.223 e. The van der Waals surface area contributed by atoms with Gasteiger partial charge in [0.15, 0.2) is 0 Å². The lowest BCUT2D eigenvalue weighted by Crippen LogP contribution is -2.43. The molecule has 2 fully saturated rings. The van der Waals surface area contributed by atoms with Crippen molar-refractivity contribution in [2.24, 2.45) is 5.92 Å². The van der Waals surface area contributed by atoms with Crippen molar-refractivity contribution in [3.63, 3.8) is 0 Å². The first kappa shape index (κ1) is 22.7. The standard InChI is InChI=1S/C21H32BrN3O3S/c22-20-7-5-18(6-8-20)17-29(27,28)25-15-9-19(10-16-25)21(26)23-11-4-14-24-12-2-1-3-13-24/h5-8,19H,1-4,9-17H2,(H,23,26). The molecule has 0 aliphatic carbocycles. The summed E-state index contributed by atoms with van der Waals surface area (Å²) < 4.78 is 27.8. The Morgan fingerprint density at radius 1 is 1.03 bits per heavy atom. The quantitative estimate of drug-likeness (QED) is 0.574. The molecule has 0 spiro atoms. The number of likely N-dealkylation sites (tertiary alicyclic amines) is 1. The SMILES string of the molecule is O=C(NCCCN1CCCCC1)C1CCN(S(=O)(=O)Cc2ccc(Br)cc2)CC1. The molecule has 3 rings (SSSR count). The molecule has 29 heavy (non-hydrogen) atoms. The lowest BCUT2D eigenvalue weighted by Gasteiger charge is -2.30. The van der Waals surface area contributed by atoms with E-state index in [4.69, 9.17) is 0 Å². The monoisotopic (exact) mass is 485 g/mol. The molecule has 0 aromatic heterocycles. The zero-order valence-corrected chi connectivity index (χ0v) is 19.4. The highest BCUT2D eigenvalue weighted by Crippen LogP contribution is 2.22. The first-order valence-electron chi connectivity index (χ1n) is 10.7. The Bertz CT molecular complexity index is 756. The number of sulfonamides is 1. The van der Waals surface area contributed by atoms with Gasteiger partial charge in [0.1, 0.15) is 0 Å². The zero-order chi connectivity index (χ0) is 20.7. The van der Waals surface area contributed by atoms with Gasteiger partial charge in [-0.2, -0.15) is 0 Å². The van der Waals surface area contributed by atoms with Crippen molar-refractivity contribution >= 4 is 31.9 Å². The minimum Gasteiger partial charge on any atom is -0.356 e. The molecule has 162 valence electrons. The van der Waals surface area contributed by atoms with Gasteiger partial charge in [-0.3, -0.25) is 4.79 Å². The number of amides is 1. The van der Waals surface area contributed by atoms with Crippen LogP contribution in [0.3, 0.4) is 0 Å². The predicted molar refractivity (Wildman–Crippen MR) is 119 cm³/mol. The van der Waals surface area contributed by atoms with Crippen molar-refractivity contribution in [1.82, 2.24) is 14.5 Å². The molecule has 2 saturated heterocycles. The molecule has 2 heterocycles. The van der Waals surface area contributed by atoms with Crippen LogP contribution in [0.25, 0.3) is 0 Å². The summed E-state index contributed by atoms with van der Waals surface area (Å²) in [5, 5.41) is 3.05. The van der Waals surface area contributed by atoms with Crippen LogP contribution in [0.15, 0.2) is 28.7 Å². The minimum absolute atomic E-state index is 0.00758. The molecule has 1 aromatic rings. The first-order chi connectivity index (χ1) is 13.9. The molecule has 0 radical (unpaired) electrons. The van der Waals surface area contributed by atoms with Gasteiger partial charge in [-0.15, -0.1) is 0 Å². The number of nitrogens with one attached hydrogen (secondary N) is 1. The highest BCUT2D eigenvalue weighted by molar-refractivity contribution is 9.10. The van der Waals surface area contributed by atoms with Crippen LogP contribution in [-0.4, -0.2) is 62.8 Å². The molecule has 2 aliphatic heterocycles. The molecule has 0 saturated carbocycles. The van der Waals surface area contributed by atoms with Crippen molar-refractivity contribution in [1.29, 1.82) is 0 Å². The zero-order valence-electron chi connectivity index (χ0n) is 17.0. The Morgan fingerprint density at radius 3 is 2.34 bits per heavy atom. The van der Waals surface area contributed by atoms with Crippen molar-refractivity contribution in [3.8, 4) is 0 Å². The molecular weight excluding hydrogens is 454 g/mol. The van der Waals surface area contributed by atoms with Crippen LogP contribution in [0.1, 0.15) is 44.1 Å². The van der Waals surface area contributed by atoms with Gasteiger partial charge < -0.3 is 10.2 Å². The van der Waals surface area contributed by atoms with Crippen LogP contribution in [0, 0.1) is 5.92 Å². The van der Waals surface area contributed by atoms with Gasteiger partial charge in [0.25, 0.3) is 0 Å². The third kappa shape index (κ3) is 7.05. The van der Waals surface area contributed by atoms with E-state index in [1.54, 1.807) is 0 Å². The Morgan fingerprint density at radius 2 is 1.69 bits per heavy atom. The molecule has 0 atom stereocenters. The van der Waals surface area contributed by atoms with Crippen LogP contribution in [0.5, 0.6) is 0 Å². The Labute approximate surface area is 183 Å². The average molecular weight is 486 g/mol. The number of piperidine rings is 2. The third-order valence-corrected chi connectivity index (χ3v) is 8.26. The summed E-state index contributed by atoms with van der Waals surface area (Å²) in [4.78, 5) is 14.9. The fourth-order valence-electron chi connectivity index (χ4n) is 4.12. The van der Waals surface area contributed by atoms with Crippen molar-refractivity contribution in [2.45, 2.75) is 44.3 Å². The number of rotatable bonds is 8. The van der Waals surface area contributed by atoms with Gasteiger partial charge >= 0.3 is 0 Å². The van der Waals surface area contributed by atoms with Gasteiger partial charge in [-0.1, -0.05) is 34.5 Å². The fourth-order valence-corrected chi connectivity index (χ4v) is 5.95. The molecule has 0 bridgehead atoms. The van der Waals surface area contributed by atoms with E-state index in [0.29, 0.717) is 32.5 Å². The smallest absolute Gasteiger partial charge is 0.223 e. The summed E-state index contributed by atoms with van der Waals surface area (Å²) >= 11 is 3.36. The van der Waals surface area contributed by atoms with Gasteiger partial charge in [0, 0.05) is 30.0 Å². The van der Waals surface area contributed by atoms with Crippen molar-refractivity contribution in [3.05, 3.63) is 34.3 Å². The molecule has 0 unspecified atom stereocenters. The molecule has 1 N–H and O–H groups in total. The Balaban J connectivity index is 1.37. The van der Waals surface area contributed by atoms with Crippen LogP contribution >= 0.6 is 15.9 Å². The second kappa shape index (κ2) is 10.9. The maximum absolute atomic E-state index is 12.7. The highest BCUT2D eigenvalue weighted by atomic mass is 79.9. The molecule has 1 amide bonds. The second-order valence-electron chi connectivity index (χ2n) is 8.10.